The van der Waals surface area contributed by atoms with Gasteiger partial charge in [-0.15, -0.1) is 0 Å². The van der Waals surface area contributed by atoms with Crippen LogP contribution in [0.3, 0.4) is 0 Å². The summed E-state index contributed by atoms with van der Waals surface area (Å²) in [6, 6.07) is -1.16. The minimum atomic E-state index is -1.65. The highest BCUT2D eigenvalue weighted by Crippen LogP contribution is 2.23. The highest BCUT2D eigenvalue weighted by Gasteiger charge is 2.44. The van der Waals surface area contributed by atoms with E-state index < -0.39 is 74.2 Å². The monoisotopic (exact) mass is 678 g/mol. The Morgan fingerprint density at radius 1 is 0.660 bits per heavy atom. The number of aliphatic hydroxyl groups is 7. The second-order valence-electron chi connectivity index (χ2n) is 13.7. The van der Waals surface area contributed by atoms with E-state index in [0.717, 1.165) is 32.1 Å². The van der Waals surface area contributed by atoms with E-state index >= 15 is 0 Å². The molecule has 11 nitrogen and oxygen atoms in total. The van der Waals surface area contributed by atoms with E-state index in [-0.39, 0.29) is 6.42 Å². The van der Waals surface area contributed by atoms with Gasteiger partial charge in [0, 0.05) is 0 Å². The summed E-state index contributed by atoms with van der Waals surface area (Å²) in [5.41, 5.74) is 0. The average Bonchev–Trinajstić information content (AvgIpc) is 3.07. The molecule has 8 N–H and O–H groups in total. The zero-order valence-electron chi connectivity index (χ0n) is 29.5. The van der Waals surface area contributed by atoms with Crippen LogP contribution in [-0.2, 0) is 14.3 Å². The number of hydrogen-bond donors (Lipinski definition) is 8. The SMILES string of the molecule is CCCCCCCCCCCCCCCCCCCC(O)C(=O)NC(COC1OC(CO)C(O)C(O)C1O)C(O)C(O)CCCCC. The number of amides is 1. The first-order valence-corrected chi connectivity index (χ1v) is 18.9. The second-order valence-corrected chi connectivity index (χ2v) is 13.7. The Morgan fingerprint density at radius 3 is 1.60 bits per heavy atom. The molecule has 0 aliphatic carbocycles. The minimum Gasteiger partial charge on any atom is -0.394 e. The molecule has 1 aliphatic rings. The maximum Gasteiger partial charge on any atom is 0.249 e. The molecule has 0 spiro atoms. The molecular weight excluding hydrogens is 606 g/mol. The van der Waals surface area contributed by atoms with Crippen LogP contribution in [0.2, 0.25) is 0 Å². The molecule has 1 heterocycles. The van der Waals surface area contributed by atoms with Gasteiger partial charge in [0.05, 0.1) is 25.4 Å². The molecule has 280 valence electrons. The van der Waals surface area contributed by atoms with E-state index in [1.54, 1.807) is 0 Å². The number of rotatable bonds is 30. The standard InChI is InChI=1S/C36H71NO10/c1-3-5-7-8-9-10-11-12-13-14-15-16-17-18-19-20-22-24-29(40)35(45)37-27(31(41)28(39)23-21-6-4-2)26-46-36-34(44)33(43)32(42)30(25-38)47-36/h27-34,36,38-44H,3-26H2,1-2H3,(H,37,45). The van der Waals surface area contributed by atoms with Crippen LogP contribution in [0, 0.1) is 0 Å². The van der Waals surface area contributed by atoms with E-state index in [0.29, 0.717) is 19.3 Å². The summed E-state index contributed by atoms with van der Waals surface area (Å²) < 4.78 is 10.9. The Morgan fingerprint density at radius 2 is 1.11 bits per heavy atom. The van der Waals surface area contributed by atoms with Crippen molar-refractivity contribution < 1.29 is 50.0 Å². The van der Waals surface area contributed by atoms with Gasteiger partial charge in [-0.05, 0) is 12.8 Å². The maximum atomic E-state index is 12.9. The molecular formula is C36H71NO10. The summed E-state index contributed by atoms with van der Waals surface area (Å²) in [4.78, 5) is 12.9. The fourth-order valence-corrected chi connectivity index (χ4v) is 6.14. The molecule has 47 heavy (non-hydrogen) atoms. The van der Waals surface area contributed by atoms with Crippen molar-refractivity contribution in [2.24, 2.45) is 0 Å². The smallest absolute Gasteiger partial charge is 0.249 e. The van der Waals surface area contributed by atoms with E-state index in [1.165, 1.54) is 83.5 Å². The number of ether oxygens (including phenoxy) is 2. The number of aliphatic hydroxyl groups excluding tert-OH is 7. The van der Waals surface area contributed by atoms with Crippen molar-refractivity contribution in [2.45, 2.75) is 210 Å². The molecule has 0 aromatic heterocycles. The molecule has 0 aromatic rings. The van der Waals surface area contributed by atoms with Crippen LogP contribution in [0.1, 0.15) is 155 Å². The van der Waals surface area contributed by atoms with Gasteiger partial charge in [0.25, 0.3) is 0 Å². The third kappa shape index (κ3) is 19.2. The van der Waals surface area contributed by atoms with Crippen LogP contribution in [0.25, 0.3) is 0 Å². The normalized spacial score (nSPS) is 24.1. The lowest BCUT2D eigenvalue weighted by Gasteiger charge is -2.40. The summed E-state index contributed by atoms with van der Waals surface area (Å²) in [7, 11) is 0. The molecule has 0 bridgehead atoms. The van der Waals surface area contributed by atoms with Gasteiger partial charge in [-0.2, -0.15) is 0 Å². The minimum absolute atomic E-state index is 0.264. The van der Waals surface area contributed by atoms with Gasteiger partial charge in [-0.25, -0.2) is 0 Å². The zero-order chi connectivity index (χ0) is 34.9. The fraction of sp³-hybridized carbons (Fsp3) is 0.972. The van der Waals surface area contributed by atoms with Gasteiger partial charge in [-0.3, -0.25) is 4.79 Å². The number of nitrogens with one attached hydrogen (secondary N) is 1. The fourth-order valence-electron chi connectivity index (χ4n) is 6.14. The molecule has 1 rings (SSSR count). The molecule has 9 unspecified atom stereocenters. The summed E-state index contributed by atoms with van der Waals surface area (Å²) >= 11 is 0. The van der Waals surface area contributed by atoms with E-state index in [1.807, 2.05) is 6.92 Å². The molecule has 0 radical (unpaired) electrons. The van der Waals surface area contributed by atoms with Crippen molar-refractivity contribution in [2.75, 3.05) is 13.2 Å². The summed E-state index contributed by atoms with van der Waals surface area (Å²) in [5, 5.41) is 74.3. The van der Waals surface area contributed by atoms with Crippen LogP contribution in [0.5, 0.6) is 0 Å². The van der Waals surface area contributed by atoms with Crippen LogP contribution in [0.4, 0.5) is 0 Å². The first-order valence-electron chi connectivity index (χ1n) is 18.9. The van der Waals surface area contributed by atoms with Gasteiger partial charge in [0.15, 0.2) is 6.29 Å². The highest BCUT2D eigenvalue weighted by molar-refractivity contribution is 5.80. The predicted octanol–water partition coefficient (Wildman–Crippen LogP) is 3.99. The van der Waals surface area contributed by atoms with Gasteiger partial charge in [0.1, 0.15) is 36.6 Å². The summed E-state index contributed by atoms with van der Waals surface area (Å²) in [6.45, 7) is 3.22. The molecule has 11 heteroatoms. The van der Waals surface area contributed by atoms with Crippen LogP contribution < -0.4 is 5.32 Å². The third-order valence-corrected chi connectivity index (χ3v) is 9.41. The van der Waals surface area contributed by atoms with Gasteiger partial charge >= 0.3 is 0 Å². The molecule has 9 atom stereocenters. The average molecular weight is 678 g/mol. The molecule has 1 aliphatic heterocycles. The zero-order valence-corrected chi connectivity index (χ0v) is 29.5. The van der Waals surface area contributed by atoms with Crippen LogP contribution in [-0.4, -0.2) is 110 Å². The van der Waals surface area contributed by atoms with Gasteiger partial charge < -0.3 is 50.5 Å². The quantitative estimate of drug-likeness (QED) is 0.0516. The van der Waals surface area contributed by atoms with E-state index in [9.17, 15) is 40.5 Å². The first kappa shape index (κ1) is 44.1. The van der Waals surface area contributed by atoms with Crippen molar-refractivity contribution in [3.8, 4) is 0 Å². The molecule has 1 saturated heterocycles. The lowest BCUT2D eigenvalue weighted by molar-refractivity contribution is -0.303. The van der Waals surface area contributed by atoms with Gasteiger partial charge in [0.2, 0.25) is 5.91 Å². The maximum absolute atomic E-state index is 12.9. The summed E-state index contributed by atoms with van der Waals surface area (Å²) in [6.07, 6.45) is 12.7. The first-order chi connectivity index (χ1) is 22.7. The Bertz CT molecular complexity index is 745. The van der Waals surface area contributed by atoms with Crippen molar-refractivity contribution in [1.29, 1.82) is 0 Å². The number of carbonyl (C=O) groups is 1. The largest absolute Gasteiger partial charge is 0.394 e. The lowest BCUT2D eigenvalue weighted by Crippen LogP contribution is -2.60. The van der Waals surface area contributed by atoms with Crippen molar-refractivity contribution >= 4 is 5.91 Å². The van der Waals surface area contributed by atoms with Crippen molar-refractivity contribution in [3.63, 3.8) is 0 Å². The Kier molecular flexibility index (Phi) is 26.2. The Hall–Kier alpha value is -0.890. The molecule has 1 fully saturated rings. The van der Waals surface area contributed by atoms with Crippen LogP contribution >= 0.6 is 0 Å². The molecule has 0 saturated carbocycles. The van der Waals surface area contributed by atoms with Crippen molar-refractivity contribution in [1.82, 2.24) is 5.32 Å². The van der Waals surface area contributed by atoms with Gasteiger partial charge in [-0.1, -0.05) is 142 Å². The number of unbranched alkanes of at least 4 members (excludes halogenated alkanes) is 18. The highest BCUT2D eigenvalue weighted by atomic mass is 16.7. The molecule has 1 amide bonds. The second kappa shape index (κ2) is 27.9. The lowest BCUT2D eigenvalue weighted by atomic mass is 9.98. The number of carbonyl (C=O) groups excluding carboxylic acids is 1. The predicted molar refractivity (Wildman–Crippen MR) is 183 cm³/mol. The van der Waals surface area contributed by atoms with Crippen molar-refractivity contribution in [3.05, 3.63) is 0 Å². The molecule has 0 aromatic carbocycles. The van der Waals surface area contributed by atoms with E-state index in [4.69, 9.17) is 9.47 Å². The summed E-state index contributed by atoms with van der Waals surface area (Å²) in [5.74, 6) is -0.705. The Labute approximate surface area is 284 Å². The third-order valence-electron chi connectivity index (χ3n) is 9.41. The Balaban J connectivity index is 2.36. The number of hydrogen-bond acceptors (Lipinski definition) is 10. The topological polar surface area (TPSA) is 189 Å². The van der Waals surface area contributed by atoms with Crippen LogP contribution in [0.15, 0.2) is 0 Å². The van der Waals surface area contributed by atoms with E-state index in [2.05, 4.69) is 12.2 Å².